The summed E-state index contributed by atoms with van der Waals surface area (Å²) in [4.78, 5) is 0. The highest BCUT2D eigenvalue weighted by atomic mass is 19.4. The topological polar surface area (TPSA) is 43.8 Å². The summed E-state index contributed by atoms with van der Waals surface area (Å²) in [6.45, 7) is 3.73. The molecule has 0 amide bonds. The van der Waals surface area contributed by atoms with Crippen LogP contribution < -0.4 is 5.73 Å². The molecule has 1 aromatic heterocycles. The molecule has 1 atom stereocenters. The van der Waals surface area contributed by atoms with Crippen molar-refractivity contribution in [3.63, 3.8) is 0 Å². The van der Waals surface area contributed by atoms with Gasteiger partial charge in [0, 0.05) is 12.6 Å². The maximum absolute atomic E-state index is 12.3. The molecule has 14 heavy (non-hydrogen) atoms. The van der Waals surface area contributed by atoms with Gasteiger partial charge in [0.1, 0.15) is 0 Å². The monoisotopic (exact) mass is 207 g/mol. The summed E-state index contributed by atoms with van der Waals surface area (Å²) < 4.78 is 38.1. The molecule has 1 unspecified atom stereocenters. The Balaban J connectivity index is 3.13. The van der Waals surface area contributed by atoms with E-state index in [1.165, 1.54) is 4.68 Å². The minimum atomic E-state index is -4.40. The van der Waals surface area contributed by atoms with Crippen molar-refractivity contribution in [2.45, 2.75) is 32.6 Å². The Bertz CT molecular complexity index is 314. The van der Waals surface area contributed by atoms with Gasteiger partial charge >= 0.3 is 6.18 Å². The average Bonchev–Trinajstić information content (AvgIpc) is 2.45. The molecule has 1 rings (SSSR count). The van der Waals surface area contributed by atoms with Gasteiger partial charge in [0.05, 0.1) is 5.69 Å². The summed E-state index contributed by atoms with van der Waals surface area (Å²) in [6.07, 6.45) is -4.40. The molecule has 0 saturated heterocycles. The molecule has 0 aliphatic carbocycles. The van der Waals surface area contributed by atoms with E-state index in [2.05, 4.69) is 5.10 Å². The van der Waals surface area contributed by atoms with E-state index in [1.54, 1.807) is 13.8 Å². The molecular formula is C8H12F3N3. The number of aryl methyl sites for hydroxylation is 1. The highest BCUT2D eigenvalue weighted by Gasteiger charge is 2.35. The van der Waals surface area contributed by atoms with Crippen LogP contribution in [0.3, 0.4) is 0 Å². The summed E-state index contributed by atoms with van der Waals surface area (Å²) in [7, 11) is 0. The Morgan fingerprint density at radius 2 is 2.14 bits per heavy atom. The molecule has 0 aliphatic heterocycles. The zero-order valence-electron chi connectivity index (χ0n) is 7.97. The first-order valence-corrected chi connectivity index (χ1v) is 4.26. The third kappa shape index (κ3) is 2.06. The lowest BCUT2D eigenvalue weighted by atomic mass is 10.2. The van der Waals surface area contributed by atoms with Crippen molar-refractivity contribution in [1.82, 2.24) is 9.78 Å². The number of hydrogen-bond acceptors (Lipinski definition) is 2. The van der Waals surface area contributed by atoms with Gasteiger partial charge in [-0.3, -0.25) is 4.68 Å². The van der Waals surface area contributed by atoms with Crippen molar-refractivity contribution in [3.8, 4) is 0 Å². The van der Waals surface area contributed by atoms with Crippen LogP contribution in [0.5, 0.6) is 0 Å². The average molecular weight is 207 g/mol. The summed E-state index contributed by atoms with van der Waals surface area (Å²) in [6, 6.07) is 0.548. The molecule has 0 saturated carbocycles. The van der Waals surface area contributed by atoms with Gasteiger partial charge in [-0.2, -0.15) is 18.3 Å². The predicted octanol–water partition coefficient (Wildman–Crippen LogP) is 1.94. The third-order valence-corrected chi connectivity index (χ3v) is 1.87. The number of nitrogens with zero attached hydrogens (tertiary/aromatic N) is 2. The van der Waals surface area contributed by atoms with Crippen LogP contribution in [0, 0.1) is 0 Å². The lowest BCUT2D eigenvalue weighted by molar-refractivity contribution is -0.141. The first-order chi connectivity index (χ1) is 6.36. The largest absolute Gasteiger partial charge is 0.435 e. The molecule has 0 spiro atoms. The first-order valence-electron chi connectivity index (χ1n) is 4.26. The van der Waals surface area contributed by atoms with E-state index >= 15 is 0 Å². The van der Waals surface area contributed by atoms with Crippen molar-refractivity contribution in [2.75, 3.05) is 0 Å². The van der Waals surface area contributed by atoms with Crippen LogP contribution in [0.2, 0.25) is 0 Å². The molecule has 6 heteroatoms. The molecule has 0 aliphatic rings. The Morgan fingerprint density at radius 3 is 2.43 bits per heavy atom. The van der Waals surface area contributed by atoms with Crippen LogP contribution in [0.4, 0.5) is 13.2 Å². The molecular weight excluding hydrogens is 195 g/mol. The molecule has 2 N–H and O–H groups in total. The Labute approximate surface area is 79.7 Å². The Kier molecular flexibility index (Phi) is 2.84. The number of halogens is 3. The molecule has 0 aromatic carbocycles. The van der Waals surface area contributed by atoms with Crippen LogP contribution in [-0.2, 0) is 12.7 Å². The normalized spacial score (nSPS) is 14.4. The predicted molar refractivity (Wildman–Crippen MR) is 45.5 cm³/mol. The zero-order chi connectivity index (χ0) is 10.9. The third-order valence-electron chi connectivity index (χ3n) is 1.87. The van der Waals surface area contributed by atoms with E-state index in [-0.39, 0.29) is 0 Å². The summed E-state index contributed by atoms with van der Waals surface area (Å²) in [5, 5.41) is 3.43. The molecule has 0 bridgehead atoms. The summed E-state index contributed by atoms with van der Waals surface area (Å²) in [5.74, 6) is 0. The van der Waals surface area contributed by atoms with Crippen molar-refractivity contribution < 1.29 is 13.2 Å². The van der Waals surface area contributed by atoms with E-state index in [1.807, 2.05) is 0 Å². The van der Waals surface area contributed by atoms with Gasteiger partial charge in [-0.25, -0.2) is 0 Å². The lowest BCUT2D eigenvalue weighted by Gasteiger charge is -2.06. The van der Waals surface area contributed by atoms with E-state index in [4.69, 9.17) is 5.73 Å². The van der Waals surface area contributed by atoms with E-state index in [0.29, 0.717) is 12.2 Å². The van der Waals surface area contributed by atoms with Crippen LogP contribution in [0.15, 0.2) is 6.07 Å². The number of aromatic nitrogens is 2. The molecule has 0 fully saturated rings. The second-order valence-electron chi connectivity index (χ2n) is 3.06. The Hall–Kier alpha value is -1.04. The van der Waals surface area contributed by atoms with Crippen molar-refractivity contribution in [2.24, 2.45) is 5.73 Å². The molecule has 1 heterocycles. The maximum Gasteiger partial charge on any atom is 0.435 e. The zero-order valence-corrected chi connectivity index (χ0v) is 7.97. The maximum atomic E-state index is 12.3. The highest BCUT2D eigenvalue weighted by molar-refractivity contribution is 5.15. The van der Waals surface area contributed by atoms with E-state index < -0.39 is 17.9 Å². The molecule has 80 valence electrons. The van der Waals surface area contributed by atoms with Gasteiger partial charge < -0.3 is 5.73 Å². The fourth-order valence-corrected chi connectivity index (χ4v) is 1.19. The van der Waals surface area contributed by atoms with Crippen LogP contribution in [0.1, 0.15) is 31.3 Å². The van der Waals surface area contributed by atoms with Gasteiger partial charge in [-0.05, 0) is 19.9 Å². The minimum Gasteiger partial charge on any atom is -0.323 e. The van der Waals surface area contributed by atoms with Crippen molar-refractivity contribution in [3.05, 3.63) is 17.5 Å². The minimum absolute atomic E-state index is 0.382. The second kappa shape index (κ2) is 3.61. The second-order valence-corrected chi connectivity index (χ2v) is 3.06. The first kappa shape index (κ1) is 11.0. The van der Waals surface area contributed by atoms with E-state index in [0.717, 1.165) is 6.07 Å². The molecule has 1 aromatic rings. The van der Waals surface area contributed by atoms with Crippen LogP contribution >= 0.6 is 0 Å². The van der Waals surface area contributed by atoms with Crippen LogP contribution in [-0.4, -0.2) is 9.78 Å². The highest BCUT2D eigenvalue weighted by Crippen LogP contribution is 2.29. The van der Waals surface area contributed by atoms with E-state index in [9.17, 15) is 13.2 Å². The van der Waals surface area contributed by atoms with Crippen molar-refractivity contribution >= 4 is 0 Å². The Morgan fingerprint density at radius 1 is 1.57 bits per heavy atom. The molecule has 0 radical (unpaired) electrons. The van der Waals surface area contributed by atoms with Gasteiger partial charge in [0.15, 0.2) is 5.69 Å². The number of alkyl halides is 3. The van der Waals surface area contributed by atoms with Gasteiger partial charge in [-0.1, -0.05) is 0 Å². The number of hydrogen-bond donors (Lipinski definition) is 1. The van der Waals surface area contributed by atoms with Crippen molar-refractivity contribution in [1.29, 1.82) is 0 Å². The lowest BCUT2D eigenvalue weighted by Crippen LogP contribution is -2.12. The van der Waals surface area contributed by atoms with Crippen LogP contribution in [0.25, 0.3) is 0 Å². The van der Waals surface area contributed by atoms with Gasteiger partial charge in [0.2, 0.25) is 0 Å². The SMILES string of the molecule is CCn1nc(C(F)(F)F)cc1C(C)N. The standard InChI is InChI=1S/C8H12F3N3/c1-3-14-6(5(2)12)4-7(13-14)8(9,10)11/h4-5H,3,12H2,1-2H3. The van der Waals surface area contributed by atoms with Gasteiger partial charge in [0.25, 0.3) is 0 Å². The summed E-state index contributed by atoms with van der Waals surface area (Å²) >= 11 is 0. The fraction of sp³-hybridized carbons (Fsp3) is 0.625. The number of nitrogens with two attached hydrogens (primary N) is 1. The number of rotatable bonds is 2. The fourth-order valence-electron chi connectivity index (χ4n) is 1.19. The molecule has 3 nitrogen and oxygen atoms in total. The summed E-state index contributed by atoms with van der Waals surface area (Å²) in [5.41, 5.74) is 5.04. The quantitative estimate of drug-likeness (QED) is 0.805. The van der Waals surface area contributed by atoms with Gasteiger partial charge in [-0.15, -0.1) is 0 Å². The smallest absolute Gasteiger partial charge is 0.323 e.